The zero-order chi connectivity index (χ0) is 15.4. The summed E-state index contributed by atoms with van der Waals surface area (Å²) in [5.74, 6) is -0.0349. The number of benzene rings is 1. The van der Waals surface area contributed by atoms with Gasteiger partial charge in [-0.1, -0.05) is 25.0 Å². The van der Waals surface area contributed by atoms with Crippen LogP contribution in [-0.4, -0.2) is 16.9 Å². The van der Waals surface area contributed by atoms with Crippen LogP contribution in [0.3, 0.4) is 0 Å². The highest BCUT2D eigenvalue weighted by molar-refractivity contribution is 5.95. The Balaban J connectivity index is 1.70. The number of carbonyl (C=O) groups excluding carboxylic acids is 1. The fourth-order valence-electron chi connectivity index (χ4n) is 2.86. The van der Waals surface area contributed by atoms with Crippen LogP contribution in [0.5, 0.6) is 0 Å². The zero-order valence-electron chi connectivity index (χ0n) is 12.8. The predicted molar refractivity (Wildman–Crippen MR) is 88.4 cm³/mol. The Morgan fingerprint density at radius 2 is 1.95 bits per heavy atom. The van der Waals surface area contributed by atoms with Gasteiger partial charge in [-0.15, -0.1) is 0 Å². The van der Waals surface area contributed by atoms with Crippen LogP contribution in [-0.2, 0) is 0 Å². The molecule has 0 spiro atoms. The number of pyridine rings is 1. The van der Waals surface area contributed by atoms with Crippen LogP contribution in [0.2, 0.25) is 0 Å². The minimum Gasteiger partial charge on any atom is -0.354 e. The van der Waals surface area contributed by atoms with E-state index in [0.29, 0.717) is 11.6 Å². The molecule has 0 aliphatic heterocycles. The van der Waals surface area contributed by atoms with Crippen molar-refractivity contribution in [1.29, 1.82) is 0 Å². The lowest BCUT2D eigenvalue weighted by molar-refractivity contribution is 0.0937. The molecular weight excluding hydrogens is 274 g/mol. The Kier molecular flexibility index (Phi) is 4.37. The van der Waals surface area contributed by atoms with E-state index in [9.17, 15) is 4.79 Å². The first-order valence-corrected chi connectivity index (χ1v) is 7.80. The van der Waals surface area contributed by atoms with Crippen LogP contribution in [0.25, 0.3) is 0 Å². The molecule has 114 valence electrons. The van der Waals surface area contributed by atoms with E-state index in [-0.39, 0.29) is 5.91 Å². The summed E-state index contributed by atoms with van der Waals surface area (Å²) < 4.78 is 0. The number of rotatable bonds is 4. The number of nitrogens with one attached hydrogen (secondary N) is 2. The smallest absolute Gasteiger partial charge is 0.253 e. The minimum atomic E-state index is -0.0349. The summed E-state index contributed by atoms with van der Waals surface area (Å²) >= 11 is 0. The van der Waals surface area contributed by atoms with Crippen LogP contribution in [0.15, 0.2) is 42.7 Å². The maximum Gasteiger partial charge on any atom is 0.253 e. The molecule has 0 bridgehead atoms. The normalized spacial score (nSPS) is 14.8. The number of hydrogen-bond acceptors (Lipinski definition) is 3. The Morgan fingerprint density at radius 3 is 2.73 bits per heavy atom. The molecule has 1 aliphatic carbocycles. The molecule has 0 atom stereocenters. The van der Waals surface area contributed by atoms with E-state index in [1.165, 1.54) is 18.4 Å². The van der Waals surface area contributed by atoms with E-state index in [1.54, 1.807) is 12.4 Å². The van der Waals surface area contributed by atoms with Crippen molar-refractivity contribution < 1.29 is 4.79 Å². The van der Waals surface area contributed by atoms with Gasteiger partial charge in [0.2, 0.25) is 0 Å². The summed E-state index contributed by atoms with van der Waals surface area (Å²) in [4.78, 5) is 16.5. The van der Waals surface area contributed by atoms with Gasteiger partial charge in [0.25, 0.3) is 5.91 Å². The minimum absolute atomic E-state index is 0.0349. The molecule has 1 fully saturated rings. The lowest BCUT2D eigenvalue weighted by atomic mass is 10.2. The lowest BCUT2D eigenvalue weighted by Gasteiger charge is -2.12. The van der Waals surface area contributed by atoms with Gasteiger partial charge in [-0.25, -0.2) is 0 Å². The maximum atomic E-state index is 12.3. The van der Waals surface area contributed by atoms with Crippen molar-refractivity contribution in [3.63, 3.8) is 0 Å². The Labute approximate surface area is 131 Å². The number of nitrogens with zero attached hydrogens (tertiary/aromatic N) is 1. The summed E-state index contributed by atoms with van der Waals surface area (Å²) in [5, 5.41) is 6.38. The fraction of sp³-hybridized carbons (Fsp3) is 0.333. The zero-order valence-corrected chi connectivity index (χ0v) is 12.8. The van der Waals surface area contributed by atoms with E-state index in [2.05, 4.69) is 34.7 Å². The van der Waals surface area contributed by atoms with Crippen molar-refractivity contribution in [3.8, 4) is 0 Å². The van der Waals surface area contributed by atoms with Gasteiger partial charge in [0.15, 0.2) is 0 Å². The number of amides is 1. The second kappa shape index (κ2) is 6.60. The third-order valence-corrected chi connectivity index (χ3v) is 4.00. The molecule has 22 heavy (non-hydrogen) atoms. The molecule has 1 heterocycles. The first-order chi connectivity index (χ1) is 10.7. The van der Waals surface area contributed by atoms with E-state index < -0.39 is 0 Å². The maximum absolute atomic E-state index is 12.3. The van der Waals surface area contributed by atoms with Gasteiger partial charge in [0.1, 0.15) is 0 Å². The van der Waals surface area contributed by atoms with Gasteiger partial charge in [0.05, 0.1) is 17.4 Å². The SMILES string of the molecule is Cc1cccc(Nc2cncc(C(=O)NC3CCCC3)c2)c1. The van der Waals surface area contributed by atoms with Crippen molar-refractivity contribution in [2.45, 2.75) is 38.6 Å². The summed E-state index contributed by atoms with van der Waals surface area (Å²) in [6.45, 7) is 2.05. The van der Waals surface area contributed by atoms with Crippen molar-refractivity contribution in [1.82, 2.24) is 10.3 Å². The molecule has 1 aliphatic rings. The average Bonchev–Trinajstić information content (AvgIpc) is 3.00. The standard InChI is InChI=1S/C18H21N3O/c1-13-5-4-8-16(9-13)20-17-10-14(11-19-12-17)18(22)21-15-6-2-3-7-15/h4-5,8-12,15,20H,2-3,6-7H2,1H3,(H,21,22). The van der Waals surface area contributed by atoms with E-state index >= 15 is 0 Å². The summed E-state index contributed by atoms with van der Waals surface area (Å²) in [6.07, 6.45) is 7.93. The molecule has 4 heteroatoms. The lowest BCUT2D eigenvalue weighted by Crippen LogP contribution is -2.32. The van der Waals surface area contributed by atoms with Gasteiger partial charge in [-0.05, 0) is 43.5 Å². The van der Waals surface area contributed by atoms with Crippen LogP contribution in [0, 0.1) is 6.92 Å². The third kappa shape index (κ3) is 3.64. The van der Waals surface area contributed by atoms with Crippen LogP contribution >= 0.6 is 0 Å². The fourth-order valence-corrected chi connectivity index (χ4v) is 2.86. The summed E-state index contributed by atoms with van der Waals surface area (Å²) in [6, 6.07) is 10.3. The number of anilines is 2. The van der Waals surface area contributed by atoms with Crippen molar-refractivity contribution in [2.75, 3.05) is 5.32 Å². The predicted octanol–water partition coefficient (Wildman–Crippen LogP) is 3.81. The summed E-state index contributed by atoms with van der Waals surface area (Å²) in [5.41, 5.74) is 3.61. The molecular formula is C18H21N3O. The highest BCUT2D eigenvalue weighted by atomic mass is 16.1. The van der Waals surface area contributed by atoms with E-state index in [1.807, 2.05) is 18.2 Å². The van der Waals surface area contributed by atoms with Crippen LogP contribution in [0.1, 0.15) is 41.6 Å². The molecule has 0 unspecified atom stereocenters. The average molecular weight is 295 g/mol. The molecule has 0 saturated heterocycles. The molecule has 2 N–H and O–H groups in total. The largest absolute Gasteiger partial charge is 0.354 e. The second-order valence-corrected chi connectivity index (χ2v) is 5.91. The van der Waals surface area contributed by atoms with Crippen LogP contribution < -0.4 is 10.6 Å². The van der Waals surface area contributed by atoms with Gasteiger partial charge >= 0.3 is 0 Å². The molecule has 2 aromatic rings. The summed E-state index contributed by atoms with van der Waals surface area (Å²) in [7, 11) is 0. The molecule has 1 saturated carbocycles. The number of aromatic nitrogens is 1. The Morgan fingerprint density at radius 1 is 1.14 bits per heavy atom. The molecule has 1 aromatic heterocycles. The Hall–Kier alpha value is -2.36. The molecule has 3 rings (SSSR count). The van der Waals surface area contributed by atoms with Crippen molar-refractivity contribution >= 4 is 17.3 Å². The van der Waals surface area contributed by atoms with E-state index in [4.69, 9.17) is 0 Å². The van der Waals surface area contributed by atoms with Crippen LogP contribution in [0.4, 0.5) is 11.4 Å². The van der Waals surface area contributed by atoms with E-state index in [0.717, 1.165) is 24.2 Å². The number of hydrogen-bond donors (Lipinski definition) is 2. The topological polar surface area (TPSA) is 54.0 Å². The highest BCUT2D eigenvalue weighted by Crippen LogP contribution is 2.20. The van der Waals surface area contributed by atoms with Gasteiger partial charge in [-0.2, -0.15) is 0 Å². The first-order valence-electron chi connectivity index (χ1n) is 7.80. The molecule has 0 radical (unpaired) electrons. The number of carbonyl (C=O) groups is 1. The number of aryl methyl sites for hydroxylation is 1. The first kappa shape index (κ1) is 14.6. The molecule has 1 aromatic carbocycles. The van der Waals surface area contributed by atoms with Crippen molar-refractivity contribution in [2.24, 2.45) is 0 Å². The monoisotopic (exact) mass is 295 g/mol. The molecule has 1 amide bonds. The molecule has 4 nitrogen and oxygen atoms in total. The Bertz CT molecular complexity index is 663. The van der Waals surface area contributed by atoms with Crippen molar-refractivity contribution in [3.05, 3.63) is 53.9 Å². The highest BCUT2D eigenvalue weighted by Gasteiger charge is 2.18. The van der Waals surface area contributed by atoms with Gasteiger partial charge in [-0.3, -0.25) is 9.78 Å². The third-order valence-electron chi connectivity index (χ3n) is 4.00. The second-order valence-electron chi connectivity index (χ2n) is 5.91. The van der Waals surface area contributed by atoms with Gasteiger partial charge in [0, 0.05) is 17.9 Å². The quantitative estimate of drug-likeness (QED) is 0.902. The van der Waals surface area contributed by atoms with Gasteiger partial charge < -0.3 is 10.6 Å².